The fourth-order valence-electron chi connectivity index (χ4n) is 4.54. The maximum atomic E-state index is 13.6. The Morgan fingerprint density at radius 1 is 1.03 bits per heavy atom. The summed E-state index contributed by atoms with van der Waals surface area (Å²) in [6, 6.07) is 13.6. The van der Waals surface area contributed by atoms with E-state index in [0.717, 1.165) is 11.1 Å². The van der Waals surface area contributed by atoms with Crippen LogP contribution in [0.5, 0.6) is 0 Å². The van der Waals surface area contributed by atoms with Gasteiger partial charge in [0.2, 0.25) is 21.8 Å². The number of nitrogens with one attached hydrogen (secondary N) is 2. The van der Waals surface area contributed by atoms with Crippen molar-refractivity contribution in [1.82, 2.24) is 14.9 Å². The average Bonchev–Trinajstić information content (AvgIpc) is 2.91. The van der Waals surface area contributed by atoms with Crippen LogP contribution in [0.2, 0.25) is 0 Å². The van der Waals surface area contributed by atoms with Gasteiger partial charge in [-0.2, -0.15) is 4.72 Å². The van der Waals surface area contributed by atoms with E-state index in [1.54, 1.807) is 24.0 Å². The number of hydrogen-bond acceptors (Lipinski definition) is 5. The summed E-state index contributed by atoms with van der Waals surface area (Å²) in [5.74, 6) is -2.37. The molecule has 1 heterocycles. The lowest BCUT2D eigenvalue weighted by atomic mass is 9.93. The van der Waals surface area contributed by atoms with Crippen LogP contribution in [0.3, 0.4) is 0 Å². The van der Waals surface area contributed by atoms with Crippen molar-refractivity contribution in [3.05, 3.63) is 65.7 Å². The number of aryl methyl sites for hydroxylation is 1. The van der Waals surface area contributed by atoms with Crippen molar-refractivity contribution in [3.63, 3.8) is 0 Å². The van der Waals surface area contributed by atoms with E-state index in [-0.39, 0.29) is 42.1 Å². The van der Waals surface area contributed by atoms with Crippen LogP contribution in [0.25, 0.3) is 0 Å². The summed E-state index contributed by atoms with van der Waals surface area (Å²) < 4.78 is 28.9. The second kappa shape index (κ2) is 13.0. The molecule has 3 atom stereocenters. The van der Waals surface area contributed by atoms with E-state index in [4.69, 9.17) is 0 Å². The quantitative estimate of drug-likeness (QED) is 0.399. The number of carbonyl (C=O) groups excluding carboxylic acids is 2. The molecule has 0 unspecified atom stereocenters. The molecule has 10 heteroatoms. The van der Waals surface area contributed by atoms with Crippen molar-refractivity contribution in [2.24, 2.45) is 11.8 Å². The average molecular weight is 544 g/mol. The molecule has 1 fully saturated rings. The summed E-state index contributed by atoms with van der Waals surface area (Å²) in [5, 5.41) is 12.1. The van der Waals surface area contributed by atoms with Gasteiger partial charge >= 0.3 is 5.97 Å². The second-order valence-corrected chi connectivity index (χ2v) is 11.7. The number of carboxylic acids is 1. The van der Waals surface area contributed by atoms with E-state index in [0.29, 0.717) is 19.3 Å². The van der Waals surface area contributed by atoms with E-state index < -0.39 is 34.0 Å². The van der Waals surface area contributed by atoms with Crippen molar-refractivity contribution in [1.29, 1.82) is 0 Å². The third-order valence-electron chi connectivity index (χ3n) is 7.16. The molecule has 3 N–H and O–H groups in total. The van der Waals surface area contributed by atoms with Crippen molar-refractivity contribution in [2.45, 2.75) is 63.4 Å². The maximum Gasteiger partial charge on any atom is 0.326 e. The smallest absolute Gasteiger partial charge is 0.326 e. The van der Waals surface area contributed by atoms with Gasteiger partial charge in [0, 0.05) is 19.0 Å². The van der Waals surface area contributed by atoms with Crippen LogP contribution in [0.4, 0.5) is 0 Å². The Bertz CT molecular complexity index is 1210. The molecule has 3 rings (SSSR count). The summed E-state index contributed by atoms with van der Waals surface area (Å²) in [4.78, 5) is 39.6. The second-order valence-electron chi connectivity index (χ2n) is 9.99. The Kier molecular flexibility index (Phi) is 10.0. The molecule has 1 aliphatic rings. The molecular formula is C28H37N3O6S. The van der Waals surface area contributed by atoms with Crippen LogP contribution in [-0.4, -0.2) is 61.4 Å². The molecule has 0 bridgehead atoms. The third kappa shape index (κ3) is 7.64. The minimum absolute atomic E-state index is 0.0821. The highest BCUT2D eigenvalue weighted by atomic mass is 32.2. The molecule has 1 aliphatic heterocycles. The summed E-state index contributed by atoms with van der Waals surface area (Å²) in [6.07, 6.45) is 1.53. The number of aliphatic carboxylic acids is 1. The number of benzene rings is 2. The first kappa shape index (κ1) is 29.3. The van der Waals surface area contributed by atoms with Crippen molar-refractivity contribution in [3.8, 4) is 0 Å². The molecule has 2 aromatic rings. The van der Waals surface area contributed by atoms with Crippen LogP contribution >= 0.6 is 0 Å². The van der Waals surface area contributed by atoms with E-state index in [2.05, 4.69) is 10.0 Å². The number of sulfonamides is 1. The van der Waals surface area contributed by atoms with E-state index in [1.165, 1.54) is 12.1 Å². The van der Waals surface area contributed by atoms with E-state index in [9.17, 15) is 27.9 Å². The van der Waals surface area contributed by atoms with Gasteiger partial charge in [-0.15, -0.1) is 0 Å². The molecule has 9 nitrogen and oxygen atoms in total. The third-order valence-corrected chi connectivity index (χ3v) is 8.65. The number of amides is 2. The molecule has 38 heavy (non-hydrogen) atoms. The van der Waals surface area contributed by atoms with Crippen molar-refractivity contribution in [2.75, 3.05) is 13.1 Å². The van der Waals surface area contributed by atoms with Gasteiger partial charge in [0.15, 0.2) is 0 Å². The first-order valence-electron chi connectivity index (χ1n) is 13.0. The Labute approximate surface area is 224 Å². The molecule has 0 saturated carbocycles. The number of piperidine rings is 1. The van der Waals surface area contributed by atoms with Gasteiger partial charge in [0.25, 0.3) is 0 Å². The molecule has 206 valence electrons. The highest BCUT2D eigenvalue weighted by molar-refractivity contribution is 7.89. The zero-order valence-corrected chi connectivity index (χ0v) is 22.9. The fourth-order valence-corrected chi connectivity index (χ4v) is 5.73. The monoisotopic (exact) mass is 543 g/mol. The Balaban J connectivity index is 1.70. The van der Waals surface area contributed by atoms with Crippen LogP contribution < -0.4 is 10.0 Å². The lowest BCUT2D eigenvalue weighted by molar-refractivity contribution is -0.144. The molecular weight excluding hydrogens is 506 g/mol. The molecule has 0 aliphatic carbocycles. The van der Waals surface area contributed by atoms with Crippen LogP contribution in [0, 0.1) is 18.8 Å². The molecule has 2 aromatic carbocycles. The highest BCUT2D eigenvalue weighted by Crippen LogP contribution is 2.21. The van der Waals surface area contributed by atoms with Gasteiger partial charge in [-0.25, -0.2) is 13.2 Å². The van der Waals surface area contributed by atoms with Crippen molar-refractivity contribution < 1.29 is 27.9 Å². The van der Waals surface area contributed by atoms with Gasteiger partial charge < -0.3 is 15.3 Å². The number of carboxylic acid groups (broad SMARTS) is 1. The number of nitrogens with zero attached hydrogens (tertiary/aromatic N) is 1. The van der Waals surface area contributed by atoms with E-state index >= 15 is 0 Å². The minimum atomic E-state index is -3.95. The van der Waals surface area contributed by atoms with Gasteiger partial charge in [0.05, 0.1) is 4.90 Å². The van der Waals surface area contributed by atoms with Crippen LogP contribution in [0.15, 0.2) is 59.5 Å². The zero-order valence-electron chi connectivity index (χ0n) is 22.1. The van der Waals surface area contributed by atoms with Gasteiger partial charge in [0.1, 0.15) is 12.1 Å². The predicted molar refractivity (Wildman–Crippen MR) is 144 cm³/mol. The minimum Gasteiger partial charge on any atom is -0.480 e. The summed E-state index contributed by atoms with van der Waals surface area (Å²) in [5.41, 5.74) is 1.74. The van der Waals surface area contributed by atoms with Gasteiger partial charge in [-0.05, 0) is 49.8 Å². The Hall–Kier alpha value is -3.24. The fraction of sp³-hybridized carbons (Fsp3) is 0.464. The highest BCUT2D eigenvalue weighted by Gasteiger charge is 2.35. The molecule has 1 saturated heterocycles. The molecule has 0 aromatic heterocycles. The molecule has 0 radical (unpaired) electrons. The molecule has 0 spiro atoms. The summed E-state index contributed by atoms with van der Waals surface area (Å²) >= 11 is 0. The number of carbonyl (C=O) groups is 3. The molecule has 2 amide bonds. The SMILES string of the molecule is CC[C@@H](C)[C@H](NC(=O)C1CCN(C(=O)[C@H](Cc2ccccc2)NS(=O)(=O)c2ccc(C)cc2)CC1)C(=O)O. The number of rotatable bonds is 11. The Morgan fingerprint density at radius 2 is 1.63 bits per heavy atom. The van der Waals surface area contributed by atoms with Gasteiger partial charge in [-0.3, -0.25) is 9.59 Å². The topological polar surface area (TPSA) is 133 Å². The largest absolute Gasteiger partial charge is 0.480 e. The summed E-state index contributed by atoms with van der Waals surface area (Å²) in [6.45, 7) is 6.06. The first-order chi connectivity index (χ1) is 18.0. The maximum absolute atomic E-state index is 13.6. The number of likely N-dealkylation sites (tertiary alicyclic amines) is 1. The van der Waals surface area contributed by atoms with E-state index in [1.807, 2.05) is 44.2 Å². The predicted octanol–water partition coefficient (Wildman–Crippen LogP) is 2.74. The zero-order chi connectivity index (χ0) is 27.9. The van der Waals surface area contributed by atoms with Crippen LogP contribution in [-0.2, 0) is 30.8 Å². The van der Waals surface area contributed by atoms with Crippen LogP contribution in [0.1, 0.15) is 44.2 Å². The Morgan fingerprint density at radius 3 is 2.18 bits per heavy atom. The standard InChI is InChI=1S/C28H37N3O6S/c1-4-20(3)25(28(34)35)29-26(32)22-14-16-31(17-15-22)27(33)24(18-21-8-6-5-7-9-21)30-38(36,37)23-12-10-19(2)11-13-23/h5-13,20,22,24-25,30H,4,14-18H2,1-3H3,(H,29,32)(H,34,35)/t20-,24+,25+/m1/s1. The summed E-state index contributed by atoms with van der Waals surface area (Å²) in [7, 11) is -3.95. The first-order valence-corrected chi connectivity index (χ1v) is 14.4. The van der Waals surface area contributed by atoms with Gasteiger partial charge in [-0.1, -0.05) is 68.3 Å². The van der Waals surface area contributed by atoms with Crippen molar-refractivity contribution >= 4 is 27.8 Å². The lowest BCUT2D eigenvalue weighted by Crippen LogP contribution is -2.53. The lowest BCUT2D eigenvalue weighted by Gasteiger charge is -2.34. The number of hydrogen-bond donors (Lipinski definition) is 3. The normalized spacial score (nSPS) is 16.9.